The van der Waals surface area contributed by atoms with Crippen LogP contribution in [0.3, 0.4) is 0 Å². The molecule has 0 aliphatic heterocycles. The number of methoxy groups -OCH3 is 1. The van der Waals surface area contributed by atoms with E-state index in [1.807, 2.05) is 26.8 Å². The Morgan fingerprint density at radius 2 is 1.85 bits per heavy atom. The number of ether oxygens (including phenoxy) is 1. The first-order valence-electron chi connectivity index (χ1n) is 6.24. The molecule has 20 heavy (non-hydrogen) atoms. The summed E-state index contributed by atoms with van der Waals surface area (Å²) in [6, 6.07) is 3.64. The number of esters is 1. The monoisotopic (exact) mass is 270 g/mol. The highest BCUT2D eigenvalue weighted by Crippen LogP contribution is 2.23. The van der Waals surface area contributed by atoms with Gasteiger partial charge >= 0.3 is 5.97 Å². The van der Waals surface area contributed by atoms with E-state index < -0.39 is 5.97 Å². The summed E-state index contributed by atoms with van der Waals surface area (Å²) in [5.41, 5.74) is 4.23. The van der Waals surface area contributed by atoms with Gasteiger partial charge in [-0.3, -0.25) is 0 Å². The summed E-state index contributed by atoms with van der Waals surface area (Å²) in [5.74, 6) is -0.442. The Bertz CT molecular complexity index is 851. The number of nitrogens with zero attached hydrogens (tertiary/aromatic N) is 4. The minimum atomic E-state index is -0.442. The van der Waals surface area contributed by atoms with Crippen LogP contribution in [0.5, 0.6) is 0 Å². The first-order chi connectivity index (χ1) is 9.51. The molecule has 0 unspecified atom stereocenters. The number of carbonyl (C=O) groups excluding carboxylic acids is 1. The molecule has 3 rings (SSSR count). The number of aromatic nitrogens is 4. The third kappa shape index (κ3) is 1.72. The molecule has 0 aromatic carbocycles. The van der Waals surface area contributed by atoms with Crippen LogP contribution in [0.2, 0.25) is 0 Å². The summed E-state index contributed by atoms with van der Waals surface area (Å²) < 4.78 is 6.30. The predicted molar refractivity (Wildman–Crippen MR) is 73.8 cm³/mol. The van der Waals surface area contributed by atoms with Crippen LogP contribution in [0.1, 0.15) is 27.4 Å². The van der Waals surface area contributed by atoms with Gasteiger partial charge in [-0.05, 0) is 38.5 Å². The standard InChI is InChI=1S/C14H14N4O2/c1-7-5-8(2)15-12-11(7)13-16-9(3)6-10(14(19)20-4)18(13)17-12/h5-6H,1-4H3. The van der Waals surface area contributed by atoms with Gasteiger partial charge < -0.3 is 4.74 Å². The molecule has 3 aromatic heterocycles. The lowest BCUT2D eigenvalue weighted by atomic mass is 10.2. The summed E-state index contributed by atoms with van der Waals surface area (Å²) in [6.45, 7) is 5.74. The lowest BCUT2D eigenvalue weighted by molar-refractivity contribution is 0.0590. The fourth-order valence-corrected chi connectivity index (χ4v) is 2.39. The number of hydrogen-bond donors (Lipinski definition) is 0. The maximum Gasteiger partial charge on any atom is 0.356 e. The van der Waals surface area contributed by atoms with E-state index in [4.69, 9.17) is 4.74 Å². The average Bonchev–Trinajstić information content (AvgIpc) is 2.74. The van der Waals surface area contributed by atoms with Crippen molar-refractivity contribution < 1.29 is 9.53 Å². The zero-order chi connectivity index (χ0) is 14.4. The van der Waals surface area contributed by atoms with Gasteiger partial charge in [0.05, 0.1) is 12.5 Å². The number of fused-ring (bicyclic) bond motifs is 3. The van der Waals surface area contributed by atoms with Gasteiger partial charge in [0.1, 0.15) is 0 Å². The van der Waals surface area contributed by atoms with Crippen LogP contribution in [0.4, 0.5) is 0 Å². The van der Waals surface area contributed by atoms with Crippen molar-refractivity contribution in [2.45, 2.75) is 20.8 Å². The van der Waals surface area contributed by atoms with Crippen LogP contribution < -0.4 is 0 Å². The molecule has 0 radical (unpaired) electrons. The molecule has 0 fully saturated rings. The van der Waals surface area contributed by atoms with Gasteiger partial charge in [0, 0.05) is 11.4 Å². The van der Waals surface area contributed by atoms with Gasteiger partial charge in [0.25, 0.3) is 0 Å². The Balaban J connectivity index is 2.50. The molecule has 0 aliphatic rings. The highest BCUT2D eigenvalue weighted by Gasteiger charge is 2.18. The summed E-state index contributed by atoms with van der Waals surface area (Å²) in [5, 5.41) is 5.25. The molecule has 3 heterocycles. The molecule has 0 saturated heterocycles. The second-order valence-corrected chi connectivity index (χ2v) is 4.79. The summed E-state index contributed by atoms with van der Waals surface area (Å²) in [6.07, 6.45) is 0. The Labute approximate surface area is 115 Å². The zero-order valence-corrected chi connectivity index (χ0v) is 11.8. The molecule has 6 nitrogen and oxygen atoms in total. The van der Waals surface area contributed by atoms with Gasteiger partial charge in [-0.2, -0.15) is 0 Å². The van der Waals surface area contributed by atoms with E-state index in [-0.39, 0.29) is 0 Å². The van der Waals surface area contributed by atoms with Crippen molar-refractivity contribution in [3.05, 3.63) is 34.8 Å². The van der Waals surface area contributed by atoms with Gasteiger partial charge in [-0.25, -0.2) is 19.3 Å². The van der Waals surface area contributed by atoms with Crippen molar-refractivity contribution in [1.82, 2.24) is 19.6 Å². The van der Waals surface area contributed by atoms with Crippen molar-refractivity contribution in [2.24, 2.45) is 0 Å². The zero-order valence-electron chi connectivity index (χ0n) is 11.8. The maximum atomic E-state index is 11.9. The van der Waals surface area contributed by atoms with Crippen molar-refractivity contribution in [3.63, 3.8) is 0 Å². The molecule has 0 N–H and O–H groups in total. The number of pyridine rings is 1. The minimum absolute atomic E-state index is 0.352. The molecule has 0 bridgehead atoms. The van der Waals surface area contributed by atoms with Gasteiger partial charge in [-0.15, -0.1) is 5.10 Å². The van der Waals surface area contributed by atoms with E-state index in [9.17, 15) is 4.79 Å². The molecule has 102 valence electrons. The highest BCUT2D eigenvalue weighted by atomic mass is 16.5. The lowest BCUT2D eigenvalue weighted by Gasteiger charge is -2.03. The molecule has 0 amide bonds. The Kier molecular flexibility index (Phi) is 2.67. The third-order valence-corrected chi connectivity index (χ3v) is 3.20. The van der Waals surface area contributed by atoms with Crippen LogP contribution in [-0.4, -0.2) is 32.7 Å². The number of hydrogen-bond acceptors (Lipinski definition) is 5. The number of rotatable bonds is 1. The van der Waals surface area contributed by atoms with Crippen LogP contribution in [-0.2, 0) is 4.74 Å². The summed E-state index contributed by atoms with van der Waals surface area (Å²) >= 11 is 0. The van der Waals surface area contributed by atoms with E-state index in [2.05, 4.69) is 15.1 Å². The van der Waals surface area contributed by atoms with E-state index in [1.165, 1.54) is 11.6 Å². The van der Waals surface area contributed by atoms with Crippen molar-refractivity contribution in [1.29, 1.82) is 0 Å². The van der Waals surface area contributed by atoms with E-state index in [0.29, 0.717) is 17.0 Å². The highest BCUT2D eigenvalue weighted by molar-refractivity contribution is 5.96. The van der Waals surface area contributed by atoms with Crippen molar-refractivity contribution in [3.8, 4) is 0 Å². The minimum Gasteiger partial charge on any atom is -0.464 e. The average molecular weight is 270 g/mol. The molecular formula is C14H14N4O2. The lowest BCUT2D eigenvalue weighted by Crippen LogP contribution is -2.10. The topological polar surface area (TPSA) is 69.4 Å². The number of carbonyl (C=O) groups is 1. The Morgan fingerprint density at radius 1 is 1.15 bits per heavy atom. The second kappa shape index (κ2) is 4.26. The molecule has 0 saturated carbocycles. The van der Waals surface area contributed by atoms with E-state index in [1.54, 1.807) is 6.07 Å². The third-order valence-electron chi connectivity index (χ3n) is 3.20. The second-order valence-electron chi connectivity index (χ2n) is 4.79. The normalized spacial score (nSPS) is 11.2. The van der Waals surface area contributed by atoms with Crippen LogP contribution >= 0.6 is 0 Å². The van der Waals surface area contributed by atoms with E-state index >= 15 is 0 Å². The maximum absolute atomic E-state index is 11.9. The summed E-state index contributed by atoms with van der Waals surface area (Å²) in [7, 11) is 1.35. The SMILES string of the molecule is COC(=O)c1cc(C)nc2c3c(C)cc(C)nc3nn12. The Hall–Kier alpha value is -2.50. The fourth-order valence-electron chi connectivity index (χ4n) is 2.39. The first kappa shape index (κ1) is 12.5. The smallest absolute Gasteiger partial charge is 0.356 e. The predicted octanol–water partition coefficient (Wildman–Crippen LogP) is 1.99. The van der Waals surface area contributed by atoms with Gasteiger partial charge in [0.2, 0.25) is 0 Å². The molecular weight excluding hydrogens is 256 g/mol. The summed E-state index contributed by atoms with van der Waals surface area (Å²) in [4.78, 5) is 20.8. The van der Waals surface area contributed by atoms with Gasteiger partial charge in [-0.1, -0.05) is 0 Å². The van der Waals surface area contributed by atoms with Gasteiger partial charge in [0.15, 0.2) is 17.0 Å². The Morgan fingerprint density at radius 3 is 2.55 bits per heavy atom. The number of aryl methyl sites for hydroxylation is 3. The van der Waals surface area contributed by atoms with E-state index in [0.717, 1.165) is 22.3 Å². The quantitative estimate of drug-likeness (QED) is 0.632. The van der Waals surface area contributed by atoms with Crippen molar-refractivity contribution >= 4 is 22.6 Å². The van der Waals surface area contributed by atoms with Crippen LogP contribution in [0, 0.1) is 20.8 Å². The first-order valence-corrected chi connectivity index (χ1v) is 6.24. The molecule has 0 atom stereocenters. The van der Waals surface area contributed by atoms with Crippen LogP contribution in [0.15, 0.2) is 12.1 Å². The largest absolute Gasteiger partial charge is 0.464 e. The molecule has 6 heteroatoms. The molecule has 0 aliphatic carbocycles. The van der Waals surface area contributed by atoms with Crippen molar-refractivity contribution in [2.75, 3.05) is 7.11 Å². The molecule has 0 spiro atoms. The molecule has 3 aromatic rings. The fraction of sp³-hybridized carbons (Fsp3) is 0.286. The van der Waals surface area contributed by atoms with Crippen LogP contribution in [0.25, 0.3) is 16.7 Å².